The minimum Gasteiger partial charge on any atom is -0.436 e. The lowest BCUT2D eigenvalue weighted by molar-refractivity contribution is 0.0650. The third-order valence-corrected chi connectivity index (χ3v) is 4.97. The summed E-state index contributed by atoms with van der Waals surface area (Å²) in [6, 6.07) is 6.40. The van der Waals surface area contributed by atoms with Crippen molar-refractivity contribution < 1.29 is 9.21 Å². The molecule has 0 aromatic carbocycles. The molecule has 1 amide bonds. The van der Waals surface area contributed by atoms with Crippen molar-refractivity contribution in [2.45, 2.75) is 64.0 Å². The van der Waals surface area contributed by atoms with Crippen LogP contribution in [-0.4, -0.2) is 33.0 Å². The summed E-state index contributed by atoms with van der Waals surface area (Å²) in [7, 11) is 0. The molecule has 0 N–H and O–H groups in total. The number of hydrogen-bond acceptors (Lipinski definition) is 5. The van der Waals surface area contributed by atoms with Gasteiger partial charge in [-0.15, -0.1) is 0 Å². The predicted molar refractivity (Wildman–Crippen MR) is 94.0 cm³/mol. The number of pyridine rings is 1. The zero-order valence-corrected chi connectivity index (χ0v) is 14.6. The summed E-state index contributed by atoms with van der Waals surface area (Å²) in [6.07, 6.45) is 11.2. The van der Waals surface area contributed by atoms with Crippen LogP contribution in [0.15, 0.2) is 35.0 Å². The highest BCUT2D eigenvalue weighted by Crippen LogP contribution is 2.36. The van der Waals surface area contributed by atoms with Crippen LogP contribution in [0.3, 0.4) is 0 Å². The lowest BCUT2D eigenvalue weighted by atomic mass is 9.95. The molecule has 0 spiro atoms. The van der Waals surface area contributed by atoms with Gasteiger partial charge in [0, 0.05) is 13.1 Å². The molecule has 2 aliphatic rings. The summed E-state index contributed by atoms with van der Waals surface area (Å²) in [4.78, 5) is 21.9. The van der Waals surface area contributed by atoms with E-state index in [1.165, 1.54) is 25.5 Å². The number of aryl methyl sites for hydroxylation is 1. The summed E-state index contributed by atoms with van der Waals surface area (Å²) in [5.41, 5.74) is 0. The first-order valence-electron chi connectivity index (χ1n) is 9.20. The second-order valence-corrected chi connectivity index (χ2v) is 6.95. The number of oxazole rings is 1. The van der Waals surface area contributed by atoms with Gasteiger partial charge in [-0.2, -0.15) is 0 Å². The molecule has 0 atom stereocenters. The number of carbonyl (C=O) groups excluding carboxylic acids is 1. The summed E-state index contributed by atoms with van der Waals surface area (Å²) in [5, 5.41) is 4.02. The van der Waals surface area contributed by atoms with Gasteiger partial charge in [0.2, 0.25) is 5.76 Å². The number of aromatic nitrogens is 2. The monoisotopic (exact) mass is 340 g/mol. The molecule has 2 fully saturated rings. The van der Waals surface area contributed by atoms with E-state index in [-0.39, 0.29) is 11.9 Å². The van der Waals surface area contributed by atoms with Gasteiger partial charge < -0.3 is 4.42 Å². The van der Waals surface area contributed by atoms with Crippen LogP contribution in [0.5, 0.6) is 0 Å². The molecule has 0 unspecified atom stereocenters. The van der Waals surface area contributed by atoms with E-state index in [9.17, 15) is 4.79 Å². The van der Waals surface area contributed by atoms with E-state index in [1.54, 1.807) is 13.1 Å². The van der Waals surface area contributed by atoms with Crippen molar-refractivity contribution in [3.8, 4) is 0 Å². The zero-order valence-electron chi connectivity index (χ0n) is 14.6. The molecular weight excluding hydrogens is 316 g/mol. The SMILES string of the molecule is Cc1ncc(C(=O)N(C2CC2)N(c2ccccn2)C2CCCCC2)o1. The third-order valence-electron chi connectivity index (χ3n) is 4.97. The molecule has 6 heteroatoms. The first-order chi connectivity index (χ1) is 12.2. The topological polar surface area (TPSA) is 62.5 Å². The second-order valence-electron chi connectivity index (χ2n) is 6.95. The summed E-state index contributed by atoms with van der Waals surface area (Å²) in [5.74, 6) is 1.55. The molecule has 25 heavy (non-hydrogen) atoms. The van der Waals surface area contributed by atoms with Crippen LogP contribution in [0.1, 0.15) is 61.4 Å². The first kappa shape index (κ1) is 16.1. The number of rotatable bonds is 5. The fraction of sp³-hybridized carbons (Fsp3) is 0.526. The van der Waals surface area contributed by atoms with E-state index in [1.807, 2.05) is 23.2 Å². The maximum absolute atomic E-state index is 13.2. The number of carbonyl (C=O) groups is 1. The van der Waals surface area contributed by atoms with Crippen LogP contribution >= 0.6 is 0 Å². The zero-order chi connectivity index (χ0) is 17.2. The molecule has 0 aliphatic heterocycles. The lowest BCUT2D eigenvalue weighted by Gasteiger charge is -2.42. The highest BCUT2D eigenvalue weighted by Gasteiger charge is 2.41. The van der Waals surface area contributed by atoms with Gasteiger partial charge in [-0.1, -0.05) is 25.3 Å². The average Bonchev–Trinajstić information content (AvgIpc) is 3.40. The Balaban J connectivity index is 1.70. The summed E-state index contributed by atoms with van der Waals surface area (Å²) >= 11 is 0. The van der Waals surface area contributed by atoms with Crippen LogP contribution in [0.4, 0.5) is 5.82 Å². The lowest BCUT2D eigenvalue weighted by Crippen LogP contribution is -2.54. The van der Waals surface area contributed by atoms with Crippen molar-refractivity contribution in [3.05, 3.63) is 42.2 Å². The molecule has 2 heterocycles. The molecular formula is C19H24N4O2. The molecule has 6 nitrogen and oxygen atoms in total. The van der Waals surface area contributed by atoms with Crippen LogP contribution in [0, 0.1) is 6.92 Å². The maximum Gasteiger partial charge on any atom is 0.310 e. The van der Waals surface area contributed by atoms with E-state index in [2.05, 4.69) is 15.0 Å². The Hall–Kier alpha value is -2.37. The number of hydrogen-bond donors (Lipinski definition) is 0. The second kappa shape index (κ2) is 6.86. The molecule has 0 bridgehead atoms. The first-order valence-corrected chi connectivity index (χ1v) is 9.20. The van der Waals surface area contributed by atoms with Crippen molar-refractivity contribution in [1.29, 1.82) is 0 Å². The minimum absolute atomic E-state index is 0.112. The molecule has 2 aromatic rings. The fourth-order valence-corrected chi connectivity index (χ4v) is 3.62. The Kier molecular flexibility index (Phi) is 4.42. The highest BCUT2D eigenvalue weighted by atomic mass is 16.4. The molecule has 132 valence electrons. The third kappa shape index (κ3) is 3.38. The number of amides is 1. The normalized spacial score (nSPS) is 18.1. The highest BCUT2D eigenvalue weighted by molar-refractivity contribution is 5.92. The Morgan fingerprint density at radius 1 is 1.08 bits per heavy atom. The van der Waals surface area contributed by atoms with E-state index in [0.717, 1.165) is 31.5 Å². The molecule has 0 saturated heterocycles. The number of anilines is 1. The molecule has 0 radical (unpaired) electrons. The van der Waals surface area contributed by atoms with Gasteiger partial charge in [-0.25, -0.2) is 15.0 Å². The average molecular weight is 340 g/mol. The van der Waals surface area contributed by atoms with Crippen molar-refractivity contribution in [3.63, 3.8) is 0 Å². The minimum atomic E-state index is -0.112. The number of nitrogens with zero attached hydrogens (tertiary/aromatic N) is 4. The van der Waals surface area contributed by atoms with Gasteiger partial charge in [-0.3, -0.25) is 9.80 Å². The van der Waals surface area contributed by atoms with E-state index < -0.39 is 0 Å². The van der Waals surface area contributed by atoms with Crippen molar-refractivity contribution >= 4 is 11.7 Å². The van der Waals surface area contributed by atoms with Crippen LogP contribution < -0.4 is 5.01 Å². The molecule has 2 saturated carbocycles. The molecule has 2 aromatic heterocycles. The van der Waals surface area contributed by atoms with Gasteiger partial charge in [0.1, 0.15) is 5.82 Å². The van der Waals surface area contributed by atoms with Crippen molar-refractivity contribution in [2.24, 2.45) is 0 Å². The Morgan fingerprint density at radius 3 is 2.48 bits per heavy atom. The van der Waals surface area contributed by atoms with E-state index in [0.29, 0.717) is 17.7 Å². The van der Waals surface area contributed by atoms with Crippen LogP contribution in [0.25, 0.3) is 0 Å². The Morgan fingerprint density at radius 2 is 1.88 bits per heavy atom. The van der Waals surface area contributed by atoms with Gasteiger partial charge in [0.05, 0.1) is 18.3 Å². The quantitative estimate of drug-likeness (QED) is 0.776. The fourth-order valence-electron chi connectivity index (χ4n) is 3.62. The molecule has 4 rings (SSSR count). The number of hydrazine groups is 1. The van der Waals surface area contributed by atoms with Crippen molar-refractivity contribution in [2.75, 3.05) is 5.01 Å². The molecule has 2 aliphatic carbocycles. The van der Waals surface area contributed by atoms with E-state index in [4.69, 9.17) is 4.42 Å². The maximum atomic E-state index is 13.2. The van der Waals surface area contributed by atoms with Gasteiger partial charge in [-0.05, 0) is 37.8 Å². The largest absolute Gasteiger partial charge is 0.436 e. The summed E-state index contributed by atoms with van der Waals surface area (Å²) in [6.45, 7) is 1.76. The smallest absolute Gasteiger partial charge is 0.310 e. The Labute approximate surface area is 147 Å². The van der Waals surface area contributed by atoms with Gasteiger partial charge in [0.25, 0.3) is 0 Å². The van der Waals surface area contributed by atoms with Crippen LogP contribution in [0.2, 0.25) is 0 Å². The van der Waals surface area contributed by atoms with Crippen molar-refractivity contribution in [1.82, 2.24) is 15.0 Å². The van der Waals surface area contributed by atoms with Crippen LogP contribution in [-0.2, 0) is 0 Å². The standard InChI is InChI=1S/C19H24N4O2/c1-14-21-13-17(25-14)19(24)23(16-10-11-16)22(15-7-3-2-4-8-15)18-9-5-6-12-20-18/h5-6,9,12-13,15-16H,2-4,7-8,10-11H2,1H3. The summed E-state index contributed by atoms with van der Waals surface area (Å²) < 4.78 is 5.53. The Bertz CT molecular complexity index is 720. The van der Waals surface area contributed by atoms with Gasteiger partial charge in [0.15, 0.2) is 5.89 Å². The predicted octanol–water partition coefficient (Wildman–Crippen LogP) is 3.74. The van der Waals surface area contributed by atoms with E-state index >= 15 is 0 Å². The van der Waals surface area contributed by atoms with Gasteiger partial charge >= 0.3 is 5.91 Å².